The highest BCUT2D eigenvalue weighted by atomic mass is 16.5. The lowest BCUT2D eigenvalue weighted by Crippen LogP contribution is -2.23. The van der Waals surface area contributed by atoms with Crippen LogP contribution in [0.5, 0.6) is 0 Å². The summed E-state index contributed by atoms with van der Waals surface area (Å²) in [5.74, 6) is -0.792. The van der Waals surface area contributed by atoms with E-state index in [4.69, 9.17) is 5.11 Å². The number of rotatable bonds is 2. The van der Waals surface area contributed by atoms with Gasteiger partial charge in [0, 0.05) is 0 Å². The second kappa shape index (κ2) is 3.45. The Kier molecular flexibility index (Phi) is 3.24. The molecule has 3 heteroatoms. The Morgan fingerprint density at radius 3 is 2.11 bits per heavy atom. The van der Waals surface area contributed by atoms with Gasteiger partial charge < -0.3 is 9.84 Å². The van der Waals surface area contributed by atoms with E-state index in [0.717, 1.165) is 0 Å². The number of ether oxygens (including phenoxy) is 1. The van der Waals surface area contributed by atoms with Crippen molar-refractivity contribution in [3.8, 4) is 0 Å². The highest BCUT2D eigenvalue weighted by molar-refractivity contribution is 5.72. The largest absolute Gasteiger partial charge is 0.469 e. The highest BCUT2D eigenvalue weighted by Crippen LogP contribution is 2.02. The van der Waals surface area contributed by atoms with Gasteiger partial charge in [0.15, 0.2) is 0 Å². The van der Waals surface area contributed by atoms with Crippen molar-refractivity contribution in [3.63, 3.8) is 0 Å². The maximum atomic E-state index is 10.6. The third-order valence-electron chi connectivity index (χ3n) is 1.30. The minimum Gasteiger partial charge on any atom is -0.469 e. The predicted molar refractivity (Wildman–Crippen MR) is 32.9 cm³/mol. The zero-order valence-corrected chi connectivity index (χ0v) is 5.92. The van der Waals surface area contributed by atoms with E-state index < -0.39 is 12.0 Å². The van der Waals surface area contributed by atoms with Crippen molar-refractivity contribution in [3.05, 3.63) is 0 Å². The molecule has 0 aliphatic carbocycles. The zero-order chi connectivity index (χ0) is 7.44. The van der Waals surface area contributed by atoms with Crippen LogP contribution in [0.1, 0.15) is 13.8 Å². The number of carbonyl (C=O) groups is 1. The van der Waals surface area contributed by atoms with Crippen LogP contribution in [0, 0.1) is 5.92 Å². The second-order valence-corrected chi connectivity index (χ2v) is 2.05. The van der Waals surface area contributed by atoms with Crippen molar-refractivity contribution in [1.29, 1.82) is 0 Å². The van der Waals surface area contributed by atoms with Gasteiger partial charge in [-0.25, -0.2) is 0 Å². The number of hydrogen-bond donors (Lipinski definition) is 1. The lowest BCUT2D eigenvalue weighted by Gasteiger charge is -2.10. The van der Waals surface area contributed by atoms with Crippen LogP contribution in [0.3, 0.4) is 0 Å². The molecule has 1 N–H and O–H groups in total. The third-order valence-corrected chi connectivity index (χ3v) is 1.30. The summed E-state index contributed by atoms with van der Waals surface area (Å²) in [7, 11) is 1.31. The van der Waals surface area contributed by atoms with Crippen LogP contribution in [0.25, 0.3) is 0 Å². The molecule has 0 aliphatic rings. The molecule has 2 atom stereocenters. The topological polar surface area (TPSA) is 46.5 Å². The van der Waals surface area contributed by atoms with Crippen LogP contribution in [0.4, 0.5) is 0 Å². The number of methoxy groups -OCH3 is 1. The minimum absolute atomic E-state index is 0.370. The first-order chi connectivity index (χ1) is 4.09. The molecule has 0 aromatic rings. The van der Waals surface area contributed by atoms with Crippen LogP contribution in [-0.4, -0.2) is 24.3 Å². The maximum Gasteiger partial charge on any atom is 0.310 e. The number of esters is 1. The summed E-state index contributed by atoms with van der Waals surface area (Å²) in [5, 5.41) is 8.82. The summed E-state index contributed by atoms with van der Waals surface area (Å²) in [4.78, 5) is 10.6. The summed E-state index contributed by atoms with van der Waals surface area (Å²) in [6, 6.07) is 0. The molecule has 3 nitrogen and oxygen atoms in total. The van der Waals surface area contributed by atoms with Crippen LogP contribution < -0.4 is 0 Å². The molecule has 0 rings (SSSR count). The first-order valence-corrected chi connectivity index (χ1v) is 2.85. The molecule has 0 aromatic heterocycles. The maximum absolute atomic E-state index is 10.6. The number of aliphatic hydroxyl groups is 1. The van der Waals surface area contributed by atoms with Gasteiger partial charge in [0.25, 0.3) is 0 Å². The van der Waals surface area contributed by atoms with E-state index in [1.165, 1.54) is 7.11 Å². The van der Waals surface area contributed by atoms with Crippen molar-refractivity contribution in [2.45, 2.75) is 20.0 Å². The monoisotopic (exact) mass is 132 g/mol. The van der Waals surface area contributed by atoms with E-state index in [1.807, 2.05) is 0 Å². The summed E-state index contributed by atoms with van der Waals surface area (Å²) >= 11 is 0. The number of hydrogen-bond acceptors (Lipinski definition) is 3. The Morgan fingerprint density at radius 1 is 1.56 bits per heavy atom. The third kappa shape index (κ3) is 2.46. The molecule has 0 heterocycles. The summed E-state index contributed by atoms with van der Waals surface area (Å²) < 4.78 is 4.37. The van der Waals surface area contributed by atoms with Crippen molar-refractivity contribution >= 4 is 5.97 Å². The van der Waals surface area contributed by atoms with Gasteiger partial charge in [0.2, 0.25) is 0 Å². The fourth-order valence-corrected chi connectivity index (χ4v) is 0.383. The number of carbonyl (C=O) groups excluding carboxylic acids is 1. The van der Waals surface area contributed by atoms with Crippen LogP contribution >= 0.6 is 0 Å². The summed E-state index contributed by atoms with van der Waals surface area (Å²) in [6.45, 7) is 3.18. The Labute approximate surface area is 54.6 Å². The molecular weight excluding hydrogens is 120 g/mol. The molecule has 54 valence electrons. The van der Waals surface area contributed by atoms with Gasteiger partial charge in [-0.1, -0.05) is 0 Å². The van der Waals surface area contributed by atoms with Gasteiger partial charge in [0.1, 0.15) is 0 Å². The Morgan fingerprint density at radius 2 is 2.00 bits per heavy atom. The predicted octanol–water partition coefficient (Wildman–Crippen LogP) is 0.176. The normalized spacial score (nSPS) is 16.4. The number of aliphatic hydroxyl groups excluding tert-OH is 1. The molecule has 0 amide bonds. The fourth-order valence-electron chi connectivity index (χ4n) is 0.383. The molecule has 9 heavy (non-hydrogen) atoms. The molecule has 0 saturated heterocycles. The fraction of sp³-hybridized carbons (Fsp3) is 0.833. The Hall–Kier alpha value is -0.570. The Bertz CT molecular complexity index is 98.5. The van der Waals surface area contributed by atoms with E-state index in [1.54, 1.807) is 13.8 Å². The van der Waals surface area contributed by atoms with Crippen molar-refractivity contribution in [2.75, 3.05) is 7.11 Å². The van der Waals surface area contributed by atoms with Crippen LogP contribution in [0.2, 0.25) is 0 Å². The van der Waals surface area contributed by atoms with E-state index in [0.29, 0.717) is 0 Å². The molecule has 2 unspecified atom stereocenters. The minimum atomic E-state index is -0.627. The lowest BCUT2D eigenvalue weighted by atomic mass is 10.1. The second-order valence-electron chi connectivity index (χ2n) is 2.05. The SMILES string of the molecule is COC(=O)C(C)C(C)O. The lowest BCUT2D eigenvalue weighted by molar-refractivity contribution is -0.148. The molecule has 0 radical (unpaired) electrons. The van der Waals surface area contributed by atoms with E-state index in [2.05, 4.69) is 4.74 Å². The first-order valence-electron chi connectivity index (χ1n) is 2.85. The molecule has 0 fully saturated rings. The van der Waals surface area contributed by atoms with Gasteiger partial charge >= 0.3 is 5.97 Å². The van der Waals surface area contributed by atoms with E-state index >= 15 is 0 Å². The highest BCUT2D eigenvalue weighted by Gasteiger charge is 2.17. The van der Waals surface area contributed by atoms with Crippen molar-refractivity contribution in [2.24, 2.45) is 5.92 Å². The molecular formula is C6H12O3. The zero-order valence-electron chi connectivity index (χ0n) is 5.92. The Balaban J connectivity index is 3.72. The van der Waals surface area contributed by atoms with Gasteiger partial charge in [-0.3, -0.25) is 4.79 Å². The average Bonchev–Trinajstić information content (AvgIpc) is 1.84. The molecule has 0 saturated carbocycles. The summed E-state index contributed by atoms with van der Waals surface area (Å²) in [6.07, 6.45) is -0.627. The van der Waals surface area contributed by atoms with Gasteiger partial charge in [-0.15, -0.1) is 0 Å². The van der Waals surface area contributed by atoms with Crippen LogP contribution in [-0.2, 0) is 9.53 Å². The van der Waals surface area contributed by atoms with Crippen molar-refractivity contribution in [1.82, 2.24) is 0 Å². The summed E-state index contributed by atoms with van der Waals surface area (Å²) in [5.41, 5.74) is 0. The van der Waals surface area contributed by atoms with Crippen molar-refractivity contribution < 1.29 is 14.6 Å². The standard InChI is InChI=1S/C6H12O3/c1-4(5(2)7)6(8)9-3/h4-5,7H,1-3H3. The molecule has 0 spiro atoms. The molecule has 0 aromatic carbocycles. The van der Waals surface area contributed by atoms with E-state index in [-0.39, 0.29) is 5.97 Å². The van der Waals surface area contributed by atoms with Gasteiger partial charge in [-0.2, -0.15) is 0 Å². The molecule has 0 bridgehead atoms. The van der Waals surface area contributed by atoms with Crippen LogP contribution in [0.15, 0.2) is 0 Å². The van der Waals surface area contributed by atoms with E-state index in [9.17, 15) is 4.79 Å². The van der Waals surface area contributed by atoms with Gasteiger partial charge in [0.05, 0.1) is 19.1 Å². The quantitative estimate of drug-likeness (QED) is 0.545. The smallest absolute Gasteiger partial charge is 0.310 e. The first kappa shape index (κ1) is 8.43. The molecule has 0 aliphatic heterocycles. The van der Waals surface area contributed by atoms with Gasteiger partial charge in [-0.05, 0) is 13.8 Å². The average molecular weight is 132 g/mol.